The molecule has 0 aromatic rings. The van der Waals surface area contributed by atoms with Crippen molar-refractivity contribution in [3.8, 4) is 0 Å². The third-order valence-corrected chi connectivity index (χ3v) is 3.10. The van der Waals surface area contributed by atoms with Crippen molar-refractivity contribution in [1.82, 2.24) is 5.32 Å². The van der Waals surface area contributed by atoms with Gasteiger partial charge in [0.25, 0.3) is 0 Å². The quantitative estimate of drug-likeness (QED) is 0.673. The second kappa shape index (κ2) is 6.47. The molecule has 0 heterocycles. The zero-order valence-electron chi connectivity index (χ0n) is 9.35. The Hall–Kier alpha value is -0.0400. The fourth-order valence-electron chi connectivity index (χ4n) is 2.02. The third-order valence-electron chi connectivity index (χ3n) is 3.10. The molecule has 1 fully saturated rings. The molecule has 0 spiro atoms. The summed E-state index contributed by atoms with van der Waals surface area (Å²) in [6, 6.07) is 0. The van der Waals surface area contributed by atoms with Crippen LogP contribution in [0.2, 0.25) is 0 Å². The van der Waals surface area contributed by atoms with Crippen molar-refractivity contribution >= 4 is 0 Å². The van der Waals surface area contributed by atoms with Crippen LogP contribution in [0.5, 0.6) is 0 Å². The van der Waals surface area contributed by atoms with Gasteiger partial charge in [0.1, 0.15) is 0 Å². The van der Waals surface area contributed by atoms with Crippen LogP contribution in [0.25, 0.3) is 0 Å². The van der Waals surface area contributed by atoms with Crippen molar-refractivity contribution in [3.63, 3.8) is 0 Å². The summed E-state index contributed by atoms with van der Waals surface area (Å²) >= 11 is 0. The van der Waals surface area contributed by atoms with E-state index in [1.807, 2.05) is 13.8 Å². The molecule has 0 aromatic carbocycles. The van der Waals surface area contributed by atoms with Crippen molar-refractivity contribution < 1.29 is 0 Å². The summed E-state index contributed by atoms with van der Waals surface area (Å²) in [5.74, 6) is 2.84. The largest absolute Gasteiger partial charge is 0.319 e. The van der Waals surface area contributed by atoms with Crippen LogP contribution in [0.3, 0.4) is 0 Å². The van der Waals surface area contributed by atoms with Crippen LogP contribution in [0.1, 0.15) is 40.5 Å². The molecule has 1 nitrogen and oxygen atoms in total. The van der Waals surface area contributed by atoms with Crippen LogP contribution >= 0.6 is 0 Å². The summed E-state index contributed by atoms with van der Waals surface area (Å²) in [7, 11) is 2.05. The fourth-order valence-corrected chi connectivity index (χ4v) is 2.02. The van der Waals surface area contributed by atoms with E-state index >= 15 is 0 Å². The Bertz CT molecular complexity index is 99.2. The van der Waals surface area contributed by atoms with Crippen LogP contribution in [-0.4, -0.2) is 13.6 Å². The molecule has 0 radical (unpaired) electrons. The molecule has 1 saturated carbocycles. The van der Waals surface area contributed by atoms with Gasteiger partial charge >= 0.3 is 0 Å². The van der Waals surface area contributed by atoms with Crippen molar-refractivity contribution in [2.45, 2.75) is 40.5 Å². The lowest BCUT2D eigenvalue weighted by Gasteiger charge is -2.16. The summed E-state index contributed by atoms with van der Waals surface area (Å²) < 4.78 is 0. The molecule has 0 saturated heterocycles. The molecule has 0 bridgehead atoms. The van der Waals surface area contributed by atoms with Gasteiger partial charge in [0.2, 0.25) is 0 Å². The van der Waals surface area contributed by atoms with Gasteiger partial charge in [-0.15, -0.1) is 0 Å². The van der Waals surface area contributed by atoms with Crippen LogP contribution in [0, 0.1) is 17.8 Å². The Morgan fingerprint density at radius 1 is 1.17 bits per heavy atom. The molecule has 3 unspecified atom stereocenters. The lowest BCUT2D eigenvalue weighted by molar-refractivity contribution is 0.350. The van der Waals surface area contributed by atoms with Crippen LogP contribution in [0.15, 0.2) is 0 Å². The summed E-state index contributed by atoms with van der Waals surface area (Å²) in [4.78, 5) is 0. The summed E-state index contributed by atoms with van der Waals surface area (Å²) in [5, 5.41) is 3.26. The monoisotopic (exact) mass is 171 g/mol. The molecule has 1 heteroatoms. The van der Waals surface area contributed by atoms with E-state index in [2.05, 4.69) is 26.2 Å². The summed E-state index contributed by atoms with van der Waals surface area (Å²) in [6.07, 6.45) is 2.87. The predicted molar refractivity (Wildman–Crippen MR) is 56.3 cm³/mol. The molecule has 0 aliphatic heterocycles. The molecule has 1 rings (SSSR count). The smallest absolute Gasteiger partial charge is 0.00209 e. The Morgan fingerprint density at radius 2 is 1.75 bits per heavy atom. The van der Waals surface area contributed by atoms with E-state index in [4.69, 9.17) is 0 Å². The van der Waals surface area contributed by atoms with E-state index < -0.39 is 0 Å². The normalized spacial score (nSPS) is 34.2. The van der Waals surface area contributed by atoms with Crippen LogP contribution in [0.4, 0.5) is 0 Å². The van der Waals surface area contributed by atoms with Crippen LogP contribution < -0.4 is 5.32 Å². The molecule has 1 aliphatic carbocycles. The standard InChI is InChI=1S/C9H19N.C2H6/c1-7-4-5-9(6-10-3)8(7)2;1-2/h7-10H,4-6H2,1-3H3;1-2H3. The highest BCUT2D eigenvalue weighted by Gasteiger charge is 2.28. The van der Waals surface area contributed by atoms with Gasteiger partial charge in [-0.1, -0.05) is 34.1 Å². The van der Waals surface area contributed by atoms with Gasteiger partial charge in [0.15, 0.2) is 0 Å². The van der Waals surface area contributed by atoms with Gasteiger partial charge in [-0.25, -0.2) is 0 Å². The Kier molecular flexibility index (Phi) is 6.45. The minimum atomic E-state index is 0.937. The van der Waals surface area contributed by atoms with E-state index in [1.54, 1.807) is 0 Å². The molecule has 0 aromatic heterocycles. The average Bonchev–Trinajstić information content (AvgIpc) is 2.41. The van der Waals surface area contributed by atoms with Gasteiger partial charge in [0.05, 0.1) is 0 Å². The zero-order valence-corrected chi connectivity index (χ0v) is 9.35. The second-order valence-electron chi connectivity index (χ2n) is 3.73. The summed E-state index contributed by atoms with van der Waals surface area (Å²) in [6.45, 7) is 9.98. The third kappa shape index (κ3) is 3.14. The Labute approximate surface area is 77.9 Å². The highest BCUT2D eigenvalue weighted by atomic mass is 14.8. The lowest BCUT2D eigenvalue weighted by Crippen LogP contribution is -2.21. The van der Waals surface area contributed by atoms with E-state index in [1.165, 1.54) is 19.4 Å². The van der Waals surface area contributed by atoms with Gasteiger partial charge in [0, 0.05) is 0 Å². The number of hydrogen-bond acceptors (Lipinski definition) is 1. The second-order valence-corrected chi connectivity index (χ2v) is 3.73. The fraction of sp³-hybridized carbons (Fsp3) is 1.00. The van der Waals surface area contributed by atoms with E-state index in [0.29, 0.717) is 0 Å². The first-order valence-electron chi connectivity index (χ1n) is 5.40. The first-order chi connectivity index (χ1) is 5.75. The predicted octanol–water partition coefficient (Wildman–Crippen LogP) is 2.91. The first kappa shape index (κ1) is 12.0. The van der Waals surface area contributed by atoms with Gasteiger partial charge < -0.3 is 5.32 Å². The SMILES string of the molecule is CC.CNCC1CCC(C)C1C. The summed E-state index contributed by atoms with van der Waals surface area (Å²) in [5.41, 5.74) is 0. The maximum absolute atomic E-state index is 3.26. The minimum absolute atomic E-state index is 0.937. The molecule has 1 N–H and O–H groups in total. The number of hydrogen-bond donors (Lipinski definition) is 1. The van der Waals surface area contributed by atoms with Gasteiger partial charge in [-0.3, -0.25) is 0 Å². The van der Waals surface area contributed by atoms with Crippen molar-refractivity contribution in [2.24, 2.45) is 17.8 Å². The maximum Gasteiger partial charge on any atom is -0.00209 e. The van der Waals surface area contributed by atoms with Gasteiger partial charge in [-0.05, 0) is 37.8 Å². The number of rotatable bonds is 2. The maximum atomic E-state index is 3.26. The van der Waals surface area contributed by atoms with E-state index in [-0.39, 0.29) is 0 Å². The zero-order chi connectivity index (χ0) is 9.56. The Balaban J connectivity index is 0.000000561. The highest BCUT2D eigenvalue weighted by Crippen LogP contribution is 2.35. The molecule has 74 valence electrons. The topological polar surface area (TPSA) is 12.0 Å². The average molecular weight is 171 g/mol. The van der Waals surface area contributed by atoms with Crippen LogP contribution in [-0.2, 0) is 0 Å². The van der Waals surface area contributed by atoms with Gasteiger partial charge in [-0.2, -0.15) is 0 Å². The first-order valence-corrected chi connectivity index (χ1v) is 5.40. The van der Waals surface area contributed by atoms with Crippen molar-refractivity contribution in [2.75, 3.05) is 13.6 Å². The molecular formula is C11H25N. The molecule has 12 heavy (non-hydrogen) atoms. The van der Waals surface area contributed by atoms with Crippen molar-refractivity contribution in [1.29, 1.82) is 0 Å². The highest BCUT2D eigenvalue weighted by molar-refractivity contribution is 4.80. The number of nitrogens with one attached hydrogen (secondary N) is 1. The molecule has 1 aliphatic rings. The minimum Gasteiger partial charge on any atom is -0.319 e. The lowest BCUT2D eigenvalue weighted by atomic mass is 9.93. The molecule has 3 atom stereocenters. The van der Waals surface area contributed by atoms with Crippen molar-refractivity contribution in [3.05, 3.63) is 0 Å². The van der Waals surface area contributed by atoms with E-state index in [9.17, 15) is 0 Å². The Morgan fingerprint density at radius 3 is 2.08 bits per heavy atom. The molecular weight excluding hydrogens is 146 g/mol. The van der Waals surface area contributed by atoms with E-state index in [0.717, 1.165) is 17.8 Å². The molecule has 0 amide bonds.